The second-order valence-electron chi connectivity index (χ2n) is 7.89. The van der Waals surface area contributed by atoms with Gasteiger partial charge < -0.3 is 4.74 Å². The highest BCUT2D eigenvalue weighted by Crippen LogP contribution is 2.34. The van der Waals surface area contributed by atoms with Crippen molar-refractivity contribution >= 4 is 56.2 Å². The molecule has 0 aliphatic rings. The Morgan fingerprint density at radius 2 is 1.82 bits per heavy atom. The maximum Gasteiger partial charge on any atom is 0.282 e. The number of aromatic nitrogens is 2. The first kappa shape index (κ1) is 24.5. The average Bonchev–Trinajstić information content (AvgIpc) is 2.83. The van der Waals surface area contributed by atoms with Crippen molar-refractivity contribution in [3.63, 3.8) is 0 Å². The van der Waals surface area contributed by atoms with Gasteiger partial charge >= 0.3 is 0 Å². The molecule has 1 heterocycles. The number of rotatable bonds is 7. The van der Waals surface area contributed by atoms with E-state index in [1.807, 2.05) is 56.3 Å². The van der Waals surface area contributed by atoms with Gasteiger partial charge in [-0.2, -0.15) is 9.78 Å². The lowest BCUT2D eigenvalue weighted by Gasteiger charge is -2.14. The highest BCUT2D eigenvalue weighted by Gasteiger charge is 2.16. The Morgan fingerprint density at radius 3 is 2.50 bits per heavy atom. The molecule has 3 aromatic carbocycles. The smallest absolute Gasteiger partial charge is 0.282 e. The van der Waals surface area contributed by atoms with E-state index in [0.29, 0.717) is 44.7 Å². The van der Waals surface area contributed by atoms with Crippen molar-refractivity contribution in [3.8, 4) is 5.75 Å². The predicted molar refractivity (Wildman–Crippen MR) is 143 cm³/mol. The largest absolute Gasteiger partial charge is 0.486 e. The monoisotopic (exact) mass is 557 g/mol. The van der Waals surface area contributed by atoms with Crippen LogP contribution in [0.5, 0.6) is 5.75 Å². The molecule has 8 heteroatoms. The minimum absolute atomic E-state index is 0.0406. The zero-order chi connectivity index (χ0) is 24.2. The minimum atomic E-state index is -0.238. The van der Waals surface area contributed by atoms with E-state index < -0.39 is 0 Å². The standard InChI is InChI=1S/C26H22BrCl2N3O2/c1-3-16(2)25-31-23-10-9-19(27)13-20(23)26(33)32(25)30-14-18-11-21(28)24(22(29)12-18)34-15-17-7-5-4-6-8-17/h4-14,16H,3,15H2,1-2H3/t16-/m0/s1. The first-order valence-electron chi connectivity index (χ1n) is 10.8. The van der Waals surface area contributed by atoms with Crippen molar-refractivity contribution in [1.29, 1.82) is 0 Å². The van der Waals surface area contributed by atoms with Gasteiger partial charge in [-0.15, -0.1) is 0 Å². The quantitative estimate of drug-likeness (QED) is 0.221. The first-order valence-corrected chi connectivity index (χ1v) is 12.3. The highest BCUT2D eigenvalue weighted by molar-refractivity contribution is 9.10. The third-order valence-electron chi connectivity index (χ3n) is 5.46. The van der Waals surface area contributed by atoms with E-state index in [0.717, 1.165) is 16.5 Å². The van der Waals surface area contributed by atoms with E-state index in [2.05, 4.69) is 21.0 Å². The number of fused-ring (bicyclic) bond motifs is 1. The molecule has 0 aliphatic carbocycles. The molecule has 0 bridgehead atoms. The number of ether oxygens (including phenoxy) is 1. The van der Waals surface area contributed by atoms with E-state index in [1.54, 1.807) is 24.4 Å². The van der Waals surface area contributed by atoms with Crippen LogP contribution in [0.25, 0.3) is 10.9 Å². The molecule has 0 fully saturated rings. The number of hydrogen-bond acceptors (Lipinski definition) is 4. The van der Waals surface area contributed by atoms with Gasteiger partial charge in [-0.1, -0.05) is 83.3 Å². The third-order valence-corrected chi connectivity index (χ3v) is 6.51. The Morgan fingerprint density at radius 1 is 1.12 bits per heavy atom. The van der Waals surface area contributed by atoms with Gasteiger partial charge in [0.25, 0.3) is 5.56 Å². The molecule has 174 valence electrons. The summed E-state index contributed by atoms with van der Waals surface area (Å²) in [5.74, 6) is 1.04. The van der Waals surface area contributed by atoms with Crippen LogP contribution in [-0.2, 0) is 6.61 Å². The fourth-order valence-corrected chi connectivity index (χ4v) is 4.40. The van der Waals surface area contributed by atoms with Crippen LogP contribution in [0, 0.1) is 0 Å². The van der Waals surface area contributed by atoms with Crippen LogP contribution in [0.3, 0.4) is 0 Å². The predicted octanol–water partition coefficient (Wildman–Crippen LogP) is 7.44. The van der Waals surface area contributed by atoms with Crippen molar-refractivity contribution in [1.82, 2.24) is 9.66 Å². The van der Waals surface area contributed by atoms with Crippen molar-refractivity contribution < 1.29 is 4.74 Å². The molecule has 0 aliphatic heterocycles. The molecule has 0 radical (unpaired) electrons. The zero-order valence-electron chi connectivity index (χ0n) is 18.6. The summed E-state index contributed by atoms with van der Waals surface area (Å²) in [7, 11) is 0. The van der Waals surface area contributed by atoms with Crippen molar-refractivity contribution in [2.75, 3.05) is 0 Å². The topological polar surface area (TPSA) is 56.5 Å². The molecule has 0 amide bonds. The molecule has 0 N–H and O–H groups in total. The molecule has 0 saturated carbocycles. The van der Waals surface area contributed by atoms with Crippen molar-refractivity contribution in [2.45, 2.75) is 32.8 Å². The zero-order valence-corrected chi connectivity index (χ0v) is 21.7. The van der Waals surface area contributed by atoms with E-state index in [-0.39, 0.29) is 11.5 Å². The number of nitrogens with zero attached hydrogens (tertiary/aromatic N) is 3. The Balaban J connectivity index is 1.68. The van der Waals surface area contributed by atoms with Crippen LogP contribution in [0.4, 0.5) is 0 Å². The van der Waals surface area contributed by atoms with E-state index >= 15 is 0 Å². The molecule has 0 spiro atoms. The summed E-state index contributed by atoms with van der Waals surface area (Å²) in [6.07, 6.45) is 2.37. The third kappa shape index (κ3) is 5.35. The van der Waals surface area contributed by atoms with Crippen LogP contribution < -0.4 is 10.3 Å². The molecule has 0 saturated heterocycles. The lowest BCUT2D eigenvalue weighted by molar-refractivity contribution is 0.306. The summed E-state index contributed by atoms with van der Waals surface area (Å²) >= 11 is 16.3. The molecule has 34 heavy (non-hydrogen) atoms. The lowest BCUT2D eigenvalue weighted by atomic mass is 10.1. The second kappa shape index (κ2) is 10.7. The highest BCUT2D eigenvalue weighted by atomic mass is 79.9. The molecule has 4 aromatic rings. The summed E-state index contributed by atoms with van der Waals surface area (Å²) < 4.78 is 7.99. The minimum Gasteiger partial charge on any atom is -0.486 e. The Labute approximate surface area is 216 Å². The van der Waals surface area contributed by atoms with Crippen LogP contribution in [0.2, 0.25) is 10.0 Å². The van der Waals surface area contributed by atoms with E-state index in [9.17, 15) is 4.79 Å². The number of halogens is 3. The average molecular weight is 559 g/mol. The lowest BCUT2D eigenvalue weighted by Crippen LogP contribution is -2.23. The van der Waals surface area contributed by atoms with Gasteiger partial charge in [0.2, 0.25) is 0 Å². The fourth-order valence-electron chi connectivity index (χ4n) is 3.43. The van der Waals surface area contributed by atoms with Crippen molar-refractivity contribution in [2.24, 2.45) is 5.10 Å². The molecule has 5 nitrogen and oxygen atoms in total. The maximum absolute atomic E-state index is 13.3. The Kier molecular flexibility index (Phi) is 7.71. The van der Waals surface area contributed by atoms with Crippen LogP contribution >= 0.6 is 39.1 Å². The summed E-state index contributed by atoms with van der Waals surface area (Å²) in [6.45, 7) is 4.41. The first-order chi connectivity index (χ1) is 16.4. The Hall–Kier alpha value is -2.67. The van der Waals surface area contributed by atoms with Crippen LogP contribution in [-0.4, -0.2) is 15.9 Å². The molecular weight excluding hydrogens is 537 g/mol. The van der Waals surface area contributed by atoms with Gasteiger partial charge in [0.15, 0.2) is 5.75 Å². The van der Waals surface area contributed by atoms with Gasteiger partial charge in [0.1, 0.15) is 12.4 Å². The van der Waals surface area contributed by atoms with Gasteiger partial charge in [-0.3, -0.25) is 4.79 Å². The molecule has 1 atom stereocenters. The number of benzene rings is 3. The molecular formula is C26H22BrCl2N3O2. The second-order valence-corrected chi connectivity index (χ2v) is 9.62. The van der Waals surface area contributed by atoms with E-state index in [1.165, 1.54) is 4.68 Å². The van der Waals surface area contributed by atoms with Crippen LogP contribution in [0.15, 0.2) is 75.0 Å². The molecule has 1 aromatic heterocycles. The number of hydrogen-bond donors (Lipinski definition) is 0. The summed E-state index contributed by atoms with van der Waals surface area (Å²) in [6, 6.07) is 18.6. The van der Waals surface area contributed by atoms with Crippen molar-refractivity contribution in [3.05, 3.63) is 102 Å². The fraction of sp³-hybridized carbons (Fsp3) is 0.192. The van der Waals surface area contributed by atoms with Gasteiger partial charge in [0.05, 0.1) is 27.2 Å². The van der Waals surface area contributed by atoms with Gasteiger partial charge in [-0.05, 0) is 47.9 Å². The molecule has 0 unspecified atom stereocenters. The normalized spacial score (nSPS) is 12.4. The summed E-state index contributed by atoms with van der Waals surface area (Å²) in [4.78, 5) is 18.0. The molecule has 4 rings (SSSR count). The summed E-state index contributed by atoms with van der Waals surface area (Å²) in [5.41, 5.74) is 2.05. The maximum atomic E-state index is 13.3. The Bertz CT molecular complexity index is 1400. The van der Waals surface area contributed by atoms with E-state index in [4.69, 9.17) is 32.9 Å². The SMILES string of the molecule is CC[C@H](C)c1nc2ccc(Br)cc2c(=O)n1N=Cc1cc(Cl)c(OCc2ccccc2)c(Cl)c1. The van der Waals surface area contributed by atoms with Gasteiger partial charge in [0, 0.05) is 10.4 Å². The summed E-state index contributed by atoms with van der Waals surface area (Å²) in [5, 5.41) is 5.68. The van der Waals surface area contributed by atoms with Gasteiger partial charge in [-0.25, -0.2) is 4.98 Å². The van der Waals surface area contributed by atoms with Crippen LogP contribution in [0.1, 0.15) is 43.1 Å².